The van der Waals surface area contributed by atoms with Crippen LogP contribution in [0.25, 0.3) is 0 Å². The van der Waals surface area contributed by atoms with Gasteiger partial charge in [0, 0.05) is 5.92 Å². The predicted molar refractivity (Wildman–Crippen MR) is 75.4 cm³/mol. The van der Waals surface area contributed by atoms with E-state index in [0.29, 0.717) is 13.0 Å². The SMILES string of the molecule is CC1CCN([C-]=O)CC1C(=O)CC(=O)C(F)F.C[C-](C)C.[U+2]. The Labute approximate surface area is 154 Å². The summed E-state index contributed by atoms with van der Waals surface area (Å²) < 4.78 is 24.0. The number of halogens is 2. The number of carbonyl (C=O) groups excluding carboxylic acids is 3. The third kappa shape index (κ3) is 9.68. The maximum Gasteiger partial charge on any atom is 2.00 e. The van der Waals surface area contributed by atoms with Crippen molar-refractivity contribution in [2.75, 3.05) is 13.1 Å². The minimum Gasteiger partial charge on any atom is -0.520 e. The summed E-state index contributed by atoms with van der Waals surface area (Å²) in [6.07, 6.45) is -1.55. The number of likely N-dealkylation sites (tertiary alicyclic amines) is 1. The van der Waals surface area contributed by atoms with Crippen LogP contribution in [0, 0.1) is 48.9 Å². The van der Waals surface area contributed by atoms with Crippen LogP contribution >= 0.6 is 0 Å². The molecule has 1 aliphatic heterocycles. The van der Waals surface area contributed by atoms with Crippen molar-refractivity contribution in [3.8, 4) is 0 Å². The van der Waals surface area contributed by atoms with Gasteiger partial charge in [0.2, 0.25) is 5.78 Å². The second-order valence-electron chi connectivity index (χ2n) is 5.82. The van der Waals surface area contributed by atoms with Crippen molar-refractivity contribution in [1.29, 1.82) is 0 Å². The van der Waals surface area contributed by atoms with Crippen molar-refractivity contribution in [3.63, 3.8) is 0 Å². The average Bonchev–Trinajstić information content (AvgIpc) is 2.38. The van der Waals surface area contributed by atoms with Gasteiger partial charge >= 0.3 is 31.1 Å². The summed E-state index contributed by atoms with van der Waals surface area (Å²) in [5.41, 5.74) is 0. The van der Waals surface area contributed by atoms with Crippen LogP contribution in [0.4, 0.5) is 8.78 Å². The van der Waals surface area contributed by atoms with Crippen molar-refractivity contribution in [2.24, 2.45) is 11.8 Å². The van der Waals surface area contributed by atoms with Crippen molar-refractivity contribution < 1.29 is 54.3 Å². The molecule has 0 saturated carbocycles. The zero-order chi connectivity index (χ0) is 16.6. The summed E-state index contributed by atoms with van der Waals surface area (Å²) in [4.78, 5) is 34.2. The molecule has 2 unspecified atom stereocenters. The molecule has 124 valence electrons. The van der Waals surface area contributed by atoms with E-state index in [-0.39, 0.29) is 43.6 Å². The fourth-order valence-electron chi connectivity index (χ4n) is 1.95. The van der Waals surface area contributed by atoms with Crippen LogP contribution in [0.2, 0.25) is 0 Å². The van der Waals surface area contributed by atoms with Crippen LogP contribution in [-0.4, -0.2) is 42.4 Å². The molecule has 0 spiro atoms. The molecule has 1 aliphatic rings. The molecule has 0 aromatic heterocycles. The smallest absolute Gasteiger partial charge is 0.520 e. The van der Waals surface area contributed by atoms with Crippen molar-refractivity contribution in [1.82, 2.24) is 4.90 Å². The van der Waals surface area contributed by atoms with Gasteiger partial charge in [-0.25, -0.2) is 8.78 Å². The molecule has 2 atom stereocenters. The molecule has 7 heteroatoms. The Balaban J connectivity index is 0. The molecule has 0 aromatic rings. The van der Waals surface area contributed by atoms with Crippen LogP contribution in [0.5, 0.6) is 0 Å². The number of hydrogen-bond acceptors (Lipinski definition) is 3. The van der Waals surface area contributed by atoms with Gasteiger partial charge in [-0.05, 0) is 25.4 Å². The van der Waals surface area contributed by atoms with Crippen LogP contribution in [-0.2, 0) is 14.4 Å². The van der Waals surface area contributed by atoms with E-state index in [1.165, 1.54) is 10.8 Å². The van der Waals surface area contributed by atoms with Crippen LogP contribution < -0.4 is 0 Å². The van der Waals surface area contributed by atoms with E-state index < -0.39 is 30.3 Å². The summed E-state index contributed by atoms with van der Waals surface area (Å²) in [5, 5.41) is 0. The van der Waals surface area contributed by atoms with Crippen LogP contribution in [0.3, 0.4) is 0 Å². The third-order valence-electron chi connectivity index (χ3n) is 3.09. The molecule has 0 aromatic carbocycles. The fraction of sp³-hybridized carbons (Fsp3) is 0.733. The first-order valence-corrected chi connectivity index (χ1v) is 6.92. The van der Waals surface area contributed by atoms with E-state index in [9.17, 15) is 23.2 Å². The number of hydrogen-bond donors (Lipinski definition) is 0. The standard InChI is InChI=1S/C11H14F2NO3.C4H9.U/c1-7-2-3-14(6-15)5-8(7)9(16)4-10(17)11(12)13;1-4(2)3;/h7-8,11H,2-5H2,1H3;1-3H3;/q2*-1;+2. The number of carbonyl (C=O) groups is 2. The summed E-state index contributed by atoms with van der Waals surface area (Å²) in [6, 6.07) is 0. The van der Waals surface area contributed by atoms with Gasteiger partial charge in [-0.3, -0.25) is 9.59 Å². The molecule has 1 heterocycles. The monoisotopic (exact) mass is 541 g/mol. The minimum absolute atomic E-state index is 0. The van der Waals surface area contributed by atoms with E-state index in [4.69, 9.17) is 0 Å². The largest absolute Gasteiger partial charge is 2.00 e. The number of amides is 1. The maximum atomic E-state index is 12.0. The average molecular weight is 541 g/mol. The van der Waals surface area contributed by atoms with E-state index in [1.54, 1.807) is 6.41 Å². The quantitative estimate of drug-likeness (QED) is 0.397. The number of alkyl halides is 2. The number of Topliss-reactive ketones (excluding diaryl/α,β-unsaturated/α-hetero) is 2. The van der Waals surface area contributed by atoms with Gasteiger partial charge in [0.05, 0.1) is 6.42 Å². The molecular formula is C15H23F2NO3U. The second kappa shape index (κ2) is 12.2. The zero-order valence-corrected chi connectivity index (χ0v) is 17.7. The van der Waals surface area contributed by atoms with Gasteiger partial charge in [-0.1, -0.05) is 6.92 Å². The molecule has 1 fully saturated rings. The Bertz CT molecular complexity index is 362. The first-order chi connectivity index (χ1) is 9.68. The van der Waals surface area contributed by atoms with Gasteiger partial charge in [0.25, 0.3) is 6.43 Å². The first kappa shape index (κ1) is 24.0. The van der Waals surface area contributed by atoms with Gasteiger partial charge in [0.1, 0.15) is 5.78 Å². The van der Waals surface area contributed by atoms with Crippen molar-refractivity contribution in [2.45, 2.75) is 47.0 Å². The fourth-order valence-corrected chi connectivity index (χ4v) is 1.95. The van der Waals surface area contributed by atoms with Gasteiger partial charge in [-0.2, -0.15) is 27.2 Å². The Morgan fingerprint density at radius 3 is 2.23 bits per heavy atom. The first-order valence-electron chi connectivity index (χ1n) is 6.92. The molecule has 1 rings (SSSR count). The number of nitrogens with zero attached hydrogens (tertiary/aromatic N) is 1. The second-order valence-corrected chi connectivity index (χ2v) is 5.82. The topological polar surface area (TPSA) is 54.5 Å². The van der Waals surface area contributed by atoms with E-state index >= 15 is 0 Å². The van der Waals surface area contributed by atoms with E-state index in [0.717, 1.165) is 0 Å². The molecular weight excluding hydrogens is 518 g/mol. The molecule has 0 radical (unpaired) electrons. The summed E-state index contributed by atoms with van der Waals surface area (Å²) in [5.74, 6) is -0.984. The van der Waals surface area contributed by atoms with Crippen molar-refractivity contribution >= 4 is 18.0 Å². The van der Waals surface area contributed by atoms with Crippen molar-refractivity contribution in [3.05, 3.63) is 5.92 Å². The Morgan fingerprint density at radius 2 is 1.82 bits per heavy atom. The molecule has 0 N–H and O–H groups in total. The minimum atomic E-state index is -3.11. The summed E-state index contributed by atoms with van der Waals surface area (Å²) in [7, 11) is 0. The Kier molecular flexibility index (Phi) is 13.3. The Morgan fingerprint density at radius 1 is 1.32 bits per heavy atom. The molecule has 22 heavy (non-hydrogen) atoms. The normalized spacial score (nSPS) is 20.8. The van der Waals surface area contributed by atoms with E-state index in [1.807, 2.05) is 6.92 Å². The molecule has 0 bridgehead atoms. The maximum absolute atomic E-state index is 12.0. The van der Waals surface area contributed by atoms with Gasteiger partial charge in [-0.15, -0.1) is 0 Å². The zero-order valence-electron chi connectivity index (χ0n) is 13.5. The molecule has 0 aliphatic carbocycles. The number of piperidine rings is 1. The summed E-state index contributed by atoms with van der Waals surface area (Å²) >= 11 is 0. The molecule has 1 saturated heterocycles. The van der Waals surface area contributed by atoms with E-state index in [2.05, 4.69) is 20.8 Å². The van der Waals surface area contributed by atoms with Gasteiger partial charge in [0.15, 0.2) is 0 Å². The van der Waals surface area contributed by atoms with Gasteiger partial charge < -0.3 is 15.6 Å². The Hall–Kier alpha value is -0.278. The number of rotatable bonds is 5. The predicted octanol–water partition coefficient (Wildman–Crippen LogP) is 2.43. The molecule has 1 amide bonds. The molecule has 4 nitrogen and oxygen atoms in total. The van der Waals surface area contributed by atoms with Crippen LogP contribution in [0.1, 0.15) is 40.5 Å². The third-order valence-corrected chi connectivity index (χ3v) is 3.09. The summed E-state index contributed by atoms with van der Waals surface area (Å²) in [6.45, 7) is 8.74. The number of ketones is 2. The van der Waals surface area contributed by atoms with Crippen LogP contribution in [0.15, 0.2) is 0 Å².